The fraction of sp³-hybridized carbons (Fsp3) is 0.324. The molecule has 1 aliphatic rings. The molecule has 3 amide bonds. The Kier molecular flexibility index (Phi) is 9.95. The molecule has 1 N–H and O–H groups in total. The first-order chi connectivity index (χ1) is 19.9. The molecule has 0 aromatic heterocycles. The van der Waals surface area contributed by atoms with E-state index >= 15 is 0 Å². The summed E-state index contributed by atoms with van der Waals surface area (Å²) in [6.07, 6.45) is 0.213. The predicted octanol–water partition coefficient (Wildman–Crippen LogP) is 5.48. The Hall–Kier alpha value is -4.39. The molecule has 1 unspecified atom stereocenters. The van der Waals surface area contributed by atoms with E-state index in [0.717, 1.165) is 22.4 Å². The molecular weight excluding hydrogens is 514 g/mol. The largest absolute Gasteiger partial charge is 0.497 e. The molecule has 7 heteroatoms. The van der Waals surface area contributed by atoms with Gasteiger partial charge < -0.3 is 19.9 Å². The molecular formula is C34H39N3O4. The van der Waals surface area contributed by atoms with Crippen molar-refractivity contribution in [3.8, 4) is 5.75 Å². The van der Waals surface area contributed by atoms with Crippen molar-refractivity contribution in [2.45, 2.75) is 46.2 Å². The number of nitrogens with zero attached hydrogens (tertiary/aromatic N) is 2. The summed E-state index contributed by atoms with van der Waals surface area (Å²) in [6.45, 7) is 7.16. The van der Waals surface area contributed by atoms with Crippen LogP contribution in [-0.2, 0) is 20.9 Å². The summed E-state index contributed by atoms with van der Waals surface area (Å²) in [6, 6.07) is 26.7. The van der Waals surface area contributed by atoms with Gasteiger partial charge in [-0.1, -0.05) is 72.8 Å². The molecule has 0 fully saturated rings. The maximum Gasteiger partial charge on any atom is 0.251 e. The van der Waals surface area contributed by atoms with Gasteiger partial charge in [-0.05, 0) is 56.0 Å². The Labute approximate surface area is 242 Å². The molecule has 41 heavy (non-hydrogen) atoms. The Morgan fingerprint density at radius 3 is 2.00 bits per heavy atom. The van der Waals surface area contributed by atoms with E-state index in [2.05, 4.69) is 5.32 Å². The minimum Gasteiger partial charge on any atom is -0.497 e. The zero-order valence-corrected chi connectivity index (χ0v) is 24.3. The maximum atomic E-state index is 13.9. The van der Waals surface area contributed by atoms with E-state index in [1.807, 2.05) is 106 Å². The molecule has 1 atom stereocenters. The Morgan fingerprint density at radius 2 is 1.49 bits per heavy atom. The monoisotopic (exact) mass is 553 g/mol. The van der Waals surface area contributed by atoms with E-state index in [-0.39, 0.29) is 36.6 Å². The minimum absolute atomic E-state index is 0.0174. The first-order valence-electron chi connectivity index (χ1n) is 14.2. The molecule has 3 aromatic rings. The Bertz CT molecular complexity index is 1330. The van der Waals surface area contributed by atoms with E-state index < -0.39 is 5.92 Å². The minimum atomic E-state index is -0.654. The highest BCUT2D eigenvalue weighted by atomic mass is 16.5. The molecule has 1 heterocycles. The van der Waals surface area contributed by atoms with Crippen LogP contribution in [0, 0.1) is 5.92 Å². The number of allylic oxidation sites excluding steroid dienone is 1. The summed E-state index contributed by atoms with van der Waals surface area (Å²) in [5.74, 6) is -0.403. The van der Waals surface area contributed by atoms with Crippen LogP contribution < -0.4 is 10.1 Å². The molecule has 0 bridgehead atoms. The second kappa shape index (κ2) is 13.8. The van der Waals surface area contributed by atoms with Crippen LogP contribution in [0.1, 0.15) is 56.3 Å². The second-order valence-electron chi connectivity index (χ2n) is 10.2. The summed E-state index contributed by atoms with van der Waals surface area (Å²) < 4.78 is 5.27. The summed E-state index contributed by atoms with van der Waals surface area (Å²) >= 11 is 0. The lowest BCUT2D eigenvalue weighted by Crippen LogP contribution is -2.44. The fourth-order valence-corrected chi connectivity index (χ4v) is 5.34. The van der Waals surface area contributed by atoms with E-state index in [9.17, 15) is 14.4 Å². The molecule has 1 aliphatic heterocycles. The van der Waals surface area contributed by atoms with Gasteiger partial charge in [-0.2, -0.15) is 0 Å². The summed E-state index contributed by atoms with van der Waals surface area (Å²) in [7, 11) is 1.61. The third-order valence-electron chi connectivity index (χ3n) is 7.72. The van der Waals surface area contributed by atoms with Crippen molar-refractivity contribution in [3.63, 3.8) is 0 Å². The fourth-order valence-electron chi connectivity index (χ4n) is 5.34. The number of methoxy groups -OCH3 is 1. The highest BCUT2D eigenvalue weighted by Gasteiger charge is 2.37. The summed E-state index contributed by atoms with van der Waals surface area (Å²) in [5.41, 5.74) is 4.05. The van der Waals surface area contributed by atoms with Crippen molar-refractivity contribution >= 4 is 17.7 Å². The highest BCUT2D eigenvalue weighted by Crippen LogP contribution is 2.33. The Balaban J connectivity index is 1.61. The van der Waals surface area contributed by atoms with Gasteiger partial charge in [0.2, 0.25) is 11.8 Å². The van der Waals surface area contributed by atoms with Crippen molar-refractivity contribution < 1.29 is 19.1 Å². The Morgan fingerprint density at radius 1 is 0.927 bits per heavy atom. The van der Waals surface area contributed by atoms with Gasteiger partial charge in [0.1, 0.15) is 5.75 Å². The number of carbonyl (C=O) groups excluding carboxylic acids is 3. The van der Waals surface area contributed by atoms with Gasteiger partial charge in [-0.15, -0.1) is 0 Å². The summed E-state index contributed by atoms with van der Waals surface area (Å²) in [4.78, 5) is 44.4. The number of likely N-dealkylation sites (N-methyl/N-ethyl adjacent to an activating group) is 1. The molecule has 7 nitrogen and oxygen atoms in total. The van der Waals surface area contributed by atoms with Gasteiger partial charge in [-0.25, -0.2) is 0 Å². The number of benzene rings is 3. The SMILES string of the molecule is CCN(CC)C(=O)C1=C(C)N(Cc2ccc(OC)cc2)C(=O)C(CC(=O)NC(c2ccccc2)c2ccccc2)C1. The first kappa shape index (κ1) is 29.6. The van der Waals surface area contributed by atoms with Crippen LogP contribution in [0.15, 0.2) is 96.2 Å². The third kappa shape index (κ3) is 7.04. The van der Waals surface area contributed by atoms with Crippen LogP contribution in [-0.4, -0.2) is 47.7 Å². The van der Waals surface area contributed by atoms with Crippen LogP contribution in [0.2, 0.25) is 0 Å². The van der Waals surface area contributed by atoms with Gasteiger partial charge >= 0.3 is 0 Å². The second-order valence-corrected chi connectivity index (χ2v) is 10.2. The molecule has 4 rings (SSSR count). The highest BCUT2D eigenvalue weighted by molar-refractivity contribution is 5.98. The topological polar surface area (TPSA) is 79.0 Å². The van der Waals surface area contributed by atoms with Crippen LogP contribution >= 0.6 is 0 Å². The lowest BCUT2D eigenvalue weighted by molar-refractivity contribution is -0.139. The molecule has 0 aliphatic carbocycles. The van der Waals surface area contributed by atoms with E-state index in [4.69, 9.17) is 4.74 Å². The average Bonchev–Trinajstić information content (AvgIpc) is 3.01. The number of ether oxygens (including phenoxy) is 1. The number of rotatable bonds is 11. The number of carbonyl (C=O) groups is 3. The van der Waals surface area contributed by atoms with E-state index in [0.29, 0.717) is 30.9 Å². The lowest BCUT2D eigenvalue weighted by Gasteiger charge is -2.36. The van der Waals surface area contributed by atoms with Gasteiger partial charge in [0.05, 0.1) is 25.6 Å². The zero-order chi connectivity index (χ0) is 29.4. The predicted molar refractivity (Wildman–Crippen MR) is 160 cm³/mol. The summed E-state index contributed by atoms with van der Waals surface area (Å²) in [5, 5.41) is 3.16. The quantitative estimate of drug-likeness (QED) is 0.341. The van der Waals surface area contributed by atoms with Crippen molar-refractivity contribution in [2.75, 3.05) is 20.2 Å². The van der Waals surface area contributed by atoms with Gasteiger partial charge in [0.25, 0.3) is 5.91 Å². The zero-order valence-electron chi connectivity index (χ0n) is 24.3. The van der Waals surface area contributed by atoms with Crippen molar-refractivity contribution in [3.05, 3.63) is 113 Å². The lowest BCUT2D eigenvalue weighted by atomic mass is 9.87. The smallest absolute Gasteiger partial charge is 0.251 e. The van der Waals surface area contributed by atoms with Crippen LogP contribution in [0.25, 0.3) is 0 Å². The average molecular weight is 554 g/mol. The van der Waals surface area contributed by atoms with Crippen molar-refractivity contribution in [1.29, 1.82) is 0 Å². The van der Waals surface area contributed by atoms with Crippen LogP contribution in [0.5, 0.6) is 5.75 Å². The number of hydrogen-bond acceptors (Lipinski definition) is 4. The third-order valence-corrected chi connectivity index (χ3v) is 7.72. The molecule has 0 saturated carbocycles. The molecule has 0 spiro atoms. The van der Waals surface area contributed by atoms with Gasteiger partial charge in [-0.3, -0.25) is 14.4 Å². The number of nitrogens with one attached hydrogen (secondary N) is 1. The first-order valence-corrected chi connectivity index (χ1v) is 14.2. The molecule has 0 saturated heterocycles. The normalized spacial score (nSPS) is 15.2. The number of amides is 3. The van der Waals surface area contributed by atoms with E-state index in [1.165, 1.54) is 0 Å². The number of hydrogen-bond donors (Lipinski definition) is 1. The standard InChI is InChI=1S/C34H39N3O4/c1-5-36(6-2)34(40)30-21-28(33(39)37(24(30)3)23-25-17-19-29(41-4)20-18-25)22-31(38)35-32(26-13-9-7-10-14-26)27-15-11-8-12-16-27/h7-20,28,32H,5-6,21-23H2,1-4H3,(H,35,38). The van der Waals surface area contributed by atoms with Crippen LogP contribution in [0.3, 0.4) is 0 Å². The van der Waals surface area contributed by atoms with E-state index in [1.54, 1.807) is 16.9 Å². The van der Waals surface area contributed by atoms with Gasteiger partial charge in [0.15, 0.2) is 0 Å². The maximum absolute atomic E-state index is 13.9. The molecule has 3 aromatic carbocycles. The van der Waals surface area contributed by atoms with Crippen LogP contribution in [0.4, 0.5) is 0 Å². The molecule has 0 radical (unpaired) electrons. The van der Waals surface area contributed by atoms with Crippen molar-refractivity contribution in [2.24, 2.45) is 5.92 Å². The van der Waals surface area contributed by atoms with Gasteiger partial charge in [0, 0.05) is 30.8 Å². The molecule has 214 valence electrons. The van der Waals surface area contributed by atoms with Crippen molar-refractivity contribution in [1.82, 2.24) is 15.1 Å².